The molecule has 0 unspecified atom stereocenters. The summed E-state index contributed by atoms with van der Waals surface area (Å²) in [6.45, 7) is 0. The molecule has 0 spiro atoms. The van der Waals surface area contributed by atoms with E-state index in [2.05, 4.69) is 15.9 Å². The molecule has 0 aliphatic heterocycles. The van der Waals surface area contributed by atoms with Crippen LogP contribution >= 0.6 is 15.9 Å². The van der Waals surface area contributed by atoms with Crippen LogP contribution in [0.4, 0.5) is 13.2 Å². The van der Waals surface area contributed by atoms with Gasteiger partial charge in [0.1, 0.15) is 0 Å². The van der Waals surface area contributed by atoms with E-state index in [-0.39, 0.29) is 0 Å². The Labute approximate surface area is 87.6 Å². The number of hydrogen-bond acceptors (Lipinski definition) is 0. The topological polar surface area (TPSA) is 0 Å². The monoisotopic (exact) mass is 262 g/mol. The smallest absolute Gasteiger partial charge is 0.166 e. The molecule has 1 aliphatic rings. The molecule has 0 aromatic heterocycles. The lowest BCUT2D eigenvalue weighted by atomic mass is 10.1. The molecule has 0 amide bonds. The number of benzene rings is 1. The minimum atomic E-state index is -4.27. The van der Waals surface area contributed by atoms with E-state index < -0.39 is 11.7 Å². The van der Waals surface area contributed by atoms with Gasteiger partial charge in [0.2, 0.25) is 0 Å². The predicted molar refractivity (Wildman–Crippen MR) is 51.9 cm³/mol. The first-order valence-electron chi connectivity index (χ1n) is 4.04. The number of alkyl halides is 3. The fraction of sp³-hybridized carbons (Fsp3) is 0.200. The molecule has 0 saturated carbocycles. The summed E-state index contributed by atoms with van der Waals surface area (Å²) < 4.78 is 37.7. The van der Waals surface area contributed by atoms with Gasteiger partial charge in [0.05, 0.1) is 5.56 Å². The molecule has 0 saturated heterocycles. The van der Waals surface area contributed by atoms with E-state index in [9.17, 15) is 13.2 Å². The zero-order chi connectivity index (χ0) is 10.3. The maximum atomic E-state index is 12.4. The second-order valence-corrected chi connectivity index (χ2v) is 3.98. The average molecular weight is 263 g/mol. The lowest BCUT2D eigenvalue weighted by molar-refractivity contribution is -0.137. The molecular weight excluding hydrogens is 257 g/mol. The van der Waals surface area contributed by atoms with Crippen LogP contribution in [0, 0.1) is 0 Å². The van der Waals surface area contributed by atoms with E-state index >= 15 is 0 Å². The standard InChI is InChI=1S/C10H6BrF3/c11-9-5-7(10(12,13)14)4-6-2-1-3-8(6)9/h1-2,4-5H,3H2. The van der Waals surface area contributed by atoms with Gasteiger partial charge in [0, 0.05) is 4.47 Å². The van der Waals surface area contributed by atoms with Gasteiger partial charge in [0.25, 0.3) is 0 Å². The molecule has 0 atom stereocenters. The van der Waals surface area contributed by atoms with Crippen LogP contribution in [0.1, 0.15) is 16.7 Å². The van der Waals surface area contributed by atoms with E-state index in [4.69, 9.17) is 0 Å². The molecule has 0 N–H and O–H groups in total. The first-order chi connectivity index (χ1) is 6.48. The lowest BCUT2D eigenvalue weighted by Crippen LogP contribution is -2.05. The molecule has 0 heterocycles. The Morgan fingerprint density at radius 3 is 2.57 bits per heavy atom. The third-order valence-electron chi connectivity index (χ3n) is 2.18. The zero-order valence-electron chi connectivity index (χ0n) is 7.03. The highest BCUT2D eigenvalue weighted by atomic mass is 79.9. The van der Waals surface area contributed by atoms with E-state index in [0.717, 1.165) is 11.6 Å². The Kier molecular flexibility index (Phi) is 2.18. The molecule has 1 aliphatic carbocycles. The predicted octanol–water partition coefficient (Wildman–Crippen LogP) is 4.04. The maximum absolute atomic E-state index is 12.4. The highest BCUT2D eigenvalue weighted by Crippen LogP contribution is 2.36. The highest BCUT2D eigenvalue weighted by Gasteiger charge is 2.31. The van der Waals surface area contributed by atoms with Crippen molar-refractivity contribution >= 4 is 22.0 Å². The normalized spacial score (nSPS) is 14.6. The average Bonchev–Trinajstić information content (AvgIpc) is 2.50. The quantitative estimate of drug-likeness (QED) is 0.662. The van der Waals surface area contributed by atoms with E-state index in [1.54, 1.807) is 6.08 Å². The summed E-state index contributed by atoms with van der Waals surface area (Å²) in [7, 11) is 0. The van der Waals surface area contributed by atoms with Crippen molar-refractivity contribution in [1.29, 1.82) is 0 Å². The Hall–Kier alpha value is -0.770. The highest BCUT2D eigenvalue weighted by molar-refractivity contribution is 9.10. The molecular formula is C10H6BrF3. The first kappa shape index (κ1) is 9.77. The van der Waals surface area contributed by atoms with Crippen molar-refractivity contribution in [2.45, 2.75) is 12.6 Å². The largest absolute Gasteiger partial charge is 0.416 e. The van der Waals surface area contributed by atoms with Gasteiger partial charge in [-0.25, -0.2) is 0 Å². The molecule has 74 valence electrons. The second-order valence-electron chi connectivity index (χ2n) is 3.13. The van der Waals surface area contributed by atoms with Gasteiger partial charge in [0.15, 0.2) is 0 Å². The molecule has 4 heteroatoms. The molecule has 0 fully saturated rings. The summed E-state index contributed by atoms with van der Waals surface area (Å²) in [6.07, 6.45) is 0.00689. The Morgan fingerprint density at radius 1 is 1.21 bits per heavy atom. The first-order valence-corrected chi connectivity index (χ1v) is 4.84. The van der Waals surface area contributed by atoms with Crippen LogP contribution in [0.5, 0.6) is 0 Å². The molecule has 0 bridgehead atoms. The van der Waals surface area contributed by atoms with E-state index in [0.29, 0.717) is 16.5 Å². The summed E-state index contributed by atoms with van der Waals surface area (Å²) in [5.74, 6) is 0. The van der Waals surface area contributed by atoms with Crippen LogP contribution in [0.25, 0.3) is 6.08 Å². The van der Waals surface area contributed by atoms with Gasteiger partial charge >= 0.3 is 6.18 Å². The summed E-state index contributed by atoms with van der Waals surface area (Å²) in [4.78, 5) is 0. The number of rotatable bonds is 0. The number of allylic oxidation sites excluding steroid dienone is 1. The second kappa shape index (κ2) is 3.12. The minimum absolute atomic E-state index is 0.535. The fourth-order valence-corrected chi connectivity index (χ4v) is 2.13. The zero-order valence-corrected chi connectivity index (χ0v) is 8.61. The number of fused-ring (bicyclic) bond motifs is 1. The van der Waals surface area contributed by atoms with Gasteiger partial charge in [-0.05, 0) is 29.7 Å². The third kappa shape index (κ3) is 1.59. The Balaban J connectivity index is 2.57. The van der Waals surface area contributed by atoms with Crippen molar-refractivity contribution in [1.82, 2.24) is 0 Å². The number of halogens is 4. The molecule has 1 aromatic carbocycles. The SMILES string of the molecule is FC(F)(F)c1cc(Br)c2c(c1)C=CC2. The maximum Gasteiger partial charge on any atom is 0.416 e. The van der Waals surface area contributed by atoms with Crippen LogP contribution in [0.2, 0.25) is 0 Å². The molecule has 0 nitrogen and oxygen atoms in total. The summed E-state index contributed by atoms with van der Waals surface area (Å²) in [5, 5.41) is 0. The summed E-state index contributed by atoms with van der Waals surface area (Å²) >= 11 is 3.15. The van der Waals surface area contributed by atoms with Crippen molar-refractivity contribution < 1.29 is 13.2 Å². The van der Waals surface area contributed by atoms with Crippen molar-refractivity contribution in [3.05, 3.63) is 39.4 Å². The van der Waals surface area contributed by atoms with Gasteiger partial charge < -0.3 is 0 Å². The van der Waals surface area contributed by atoms with Crippen LogP contribution < -0.4 is 0 Å². The van der Waals surface area contributed by atoms with Gasteiger partial charge in [-0.1, -0.05) is 28.1 Å². The number of hydrogen-bond donors (Lipinski definition) is 0. The van der Waals surface area contributed by atoms with Crippen LogP contribution in [-0.4, -0.2) is 0 Å². The third-order valence-corrected chi connectivity index (χ3v) is 2.88. The van der Waals surface area contributed by atoms with Crippen LogP contribution in [-0.2, 0) is 12.6 Å². The molecule has 2 rings (SSSR count). The van der Waals surface area contributed by atoms with Crippen molar-refractivity contribution in [3.63, 3.8) is 0 Å². The van der Waals surface area contributed by atoms with Crippen LogP contribution in [0.15, 0.2) is 22.7 Å². The lowest BCUT2D eigenvalue weighted by Gasteiger charge is -2.10. The summed E-state index contributed by atoms with van der Waals surface area (Å²) in [5.41, 5.74) is 0.986. The van der Waals surface area contributed by atoms with Crippen molar-refractivity contribution in [2.24, 2.45) is 0 Å². The van der Waals surface area contributed by atoms with Gasteiger partial charge in [-0.3, -0.25) is 0 Å². The van der Waals surface area contributed by atoms with E-state index in [1.807, 2.05) is 6.08 Å². The molecule has 1 aromatic rings. The molecule has 14 heavy (non-hydrogen) atoms. The van der Waals surface area contributed by atoms with Gasteiger partial charge in [-0.15, -0.1) is 0 Å². The minimum Gasteiger partial charge on any atom is -0.166 e. The Bertz CT molecular complexity index is 405. The van der Waals surface area contributed by atoms with Crippen LogP contribution in [0.3, 0.4) is 0 Å². The Morgan fingerprint density at radius 2 is 1.93 bits per heavy atom. The van der Waals surface area contributed by atoms with Gasteiger partial charge in [-0.2, -0.15) is 13.2 Å². The van der Waals surface area contributed by atoms with Crippen molar-refractivity contribution in [3.8, 4) is 0 Å². The van der Waals surface area contributed by atoms with Crippen molar-refractivity contribution in [2.75, 3.05) is 0 Å². The summed E-state index contributed by atoms with van der Waals surface area (Å²) in [6, 6.07) is 2.31. The van der Waals surface area contributed by atoms with E-state index in [1.165, 1.54) is 6.07 Å². The molecule has 0 radical (unpaired) electrons. The fourth-order valence-electron chi connectivity index (χ4n) is 1.49.